The van der Waals surface area contributed by atoms with Gasteiger partial charge in [0.05, 0.1) is 0 Å². The molecule has 0 aliphatic carbocycles. The molecule has 2 heterocycles. The Hall–Kier alpha value is -2.57. The lowest BCUT2D eigenvalue weighted by Gasteiger charge is -2.28. The molecule has 0 bridgehead atoms. The topological polar surface area (TPSA) is 58.1 Å². The molecule has 2 aromatic rings. The molecule has 0 spiro atoms. The van der Waals surface area contributed by atoms with E-state index >= 15 is 0 Å². The van der Waals surface area contributed by atoms with Gasteiger partial charge in [-0.05, 0) is 38.3 Å². The Morgan fingerprint density at radius 3 is 2.54 bits per heavy atom. The van der Waals surface area contributed by atoms with Gasteiger partial charge in [-0.25, -0.2) is 18.7 Å². The summed E-state index contributed by atoms with van der Waals surface area (Å²) < 4.78 is 26.2. The Bertz CT molecular complexity index is 760. The number of hydrogen-bond acceptors (Lipinski definition) is 4. The van der Waals surface area contributed by atoms with E-state index in [1.54, 1.807) is 13.0 Å². The molecule has 5 nitrogen and oxygen atoms in total. The number of hydrogen-bond donors (Lipinski definition) is 1. The molecular weight excluding hydrogens is 314 g/mol. The van der Waals surface area contributed by atoms with Crippen molar-refractivity contribution in [3.05, 3.63) is 47.4 Å². The molecular formula is C17H18F2N4O. The van der Waals surface area contributed by atoms with Gasteiger partial charge in [-0.2, -0.15) is 0 Å². The Labute approximate surface area is 138 Å². The first-order chi connectivity index (χ1) is 11.5. The summed E-state index contributed by atoms with van der Waals surface area (Å²) in [7, 11) is 0. The number of anilines is 2. The van der Waals surface area contributed by atoms with Crippen LogP contribution in [0.3, 0.4) is 0 Å². The summed E-state index contributed by atoms with van der Waals surface area (Å²) in [5.41, 5.74) is 0.377. The number of carbonyl (C=O) groups is 1. The quantitative estimate of drug-likeness (QED) is 0.937. The van der Waals surface area contributed by atoms with E-state index in [0.717, 1.165) is 43.9 Å². The van der Waals surface area contributed by atoms with Crippen molar-refractivity contribution < 1.29 is 13.6 Å². The van der Waals surface area contributed by atoms with Crippen LogP contribution in [0.2, 0.25) is 0 Å². The number of rotatable bonds is 3. The van der Waals surface area contributed by atoms with E-state index in [-0.39, 0.29) is 11.4 Å². The van der Waals surface area contributed by atoms with Crippen molar-refractivity contribution in [1.29, 1.82) is 0 Å². The van der Waals surface area contributed by atoms with Crippen molar-refractivity contribution in [3.8, 4) is 0 Å². The maximum absolute atomic E-state index is 13.2. The molecule has 0 saturated carbocycles. The molecule has 0 atom stereocenters. The van der Waals surface area contributed by atoms with Gasteiger partial charge in [0.25, 0.3) is 5.91 Å². The van der Waals surface area contributed by atoms with Gasteiger partial charge in [-0.15, -0.1) is 0 Å². The number of carbonyl (C=O) groups excluding carboxylic acids is 1. The predicted octanol–water partition coefficient (Wildman–Crippen LogP) is 3.31. The smallest absolute Gasteiger partial charge is 0.274 e. The van der Waals surface area contributed by atoms with E-state index < -0.39 is 17.5 Å². The third-order valence-corrected chi connectivity index (χ3v) is 3.91. The highest BCUT2D eigenvalue weighted by Crippen LogP contribution is 2.19. The highest BCUT2D eigenvalue weighted by molar-refractivity contribution is 6.03. The van der Waals surface area contributed by atoms with Crippen LogP contribution in [0.15, 0.2) is 24.3 Å². The minimum absolute atomic E-state index is 0.176. The summed E-state index contributed by atoms with van der Waals surface area (Å²) in [4.78, 5) is 23.0. The van der Waals surface area contributed by atoms with Crippen LogP contribution in [0, 0.1) is 18.6 Å². The van der Waals surface area contributed by atoms with Crippen molar-refractivity contribution in [2.75, 3.05) is 23.3 Å². The second-order valence-corrected chi connectivity index (χ2v) is 5.79. The Morgan fingerprint density at radius 1 is 1.08 bits per heavy atom. The SMILES string of the molecule is Cc1nc(C(=O)Nc2ccc(F)c(F)c2)cc(N2CCCCC2)n1. The first-order valence-corrected chi connectivity index (χ1v) is 7.90. The van der Waals surface area contributed by atoms with Gasteiger partial charge in [0.15, 0.2) is 11.6 Å². The normalized spacial score (nSPS) is 14.5. The summed E-state index contributed by atoms with van der Waals surface area (Å²) in [6.45, 7) is 3.53. The fraction of sp³-hybridized carbons (Fsp3) is 0.353. The molecule has 0 radical (unpaired) electrons. The van der Waals surface area contributed by atoms with Crippen molar-refractivity contribution in [2.24, 2.45) is 0 Å². The zero-order chi connectivity index (χ0) is 17.1. The first kappa shape index (κ1) is 16.3. The highest BCUT2D eigenvalue weighted by Gasteiger charge is 2.17. The molecule has 24 heavy (non-hydrogen) atoms. The number of nitrogens with one attached hydrogen (secondary N) is 1. The first-order valence-electron chi connectivity index (χ1n) is 7.90. The van der Waals surface area contributed by atoms with E-state index in [0.29, 0.717) is 5.82 Å². The van der Waals surface area contributed by atoms with Gasteiger partial charge in [0, 0.05) is 30.9 Å². The van der Waals surface area contributed by atoms with E-state index in [4.69, 9.17) is 0 Å². The van der Waals surface area contributed by atoms with Crippen molar-refractivity contribution in [2.45, 2.75) is 26.2 Å². The number of piperidine rings is 1. The fourth-order valence-corrected chi connectivity index (χ4v) is 2.72. The lowest BCUT2D eigenvalue weighted by atomic mass is 10.1. The largest absolute Gasteiger partial charge is 0.356 e. The predicted molar refractivity (Wildman–Crippen MR) is 87.1 cm³/mol. The van der Waals surface area contributed by atoms with Crippen molar-refractivity contribution >= 4 is 17.4 Å². The molecule has 3 rings (SSSR count). The number of aryl methyl sites for hydroxylation is 1. The standard InChI is InChI=1S/C17H18F2N4O/c1-11-20-15(10-16(21-11)23-7-3-2-4-8-23)17(24)22-12-5-6-13(18)14(19)9-12/h5-6,9-10H,2-4,7-8H2,1H3,(H,22,24). The Kier molecular flexibility index (Phi) is 4.69. The number of halogens is 2. The molecule has 0 unspecified atom stereocenters. The van der Waals surface area contributed by atoms with E-state index in [1.807, 2.05) is 0 Å². The fourth-order valence-electron chi connectivity index (χ4n) is 2.72. The molecule has 1 fully saturated rings. The lowest BCUT2D eigenvalue weighted by molar-refractivity contribution is 0.102. The van der Waals surface area contributed by atoms with Crippen LogP contribution in [0.5, 0.6) is 0 Å². The van der Waals surface area contributed by atoms with Gasteiger partial charge >= 0.3 is 0 Å². The number of aromatic nitrogens is 2. The third kappa shape index (κ3) is 3.67. The molecule has 1 N–H and O–H groups in total. The lowest BCUT2D eigenvalue weighted by Crippen LogP contribution is -2.31. The van der Waals surface area contributed by atoms with Crippen LogP contribution < -0.4 is 10.2 Å². The Morgan fingerprint density at radius 2 is 1.83 bits per heavy atom. The van der Waals surface area contributed by atoms with Crippen molar-refractivity contribution in [3.63, 3.8) is 0 Å². The second-order valence-electron chi connectivity index (χ2n) is 5.79. The van der Waals surface area contributed by atoms with Gasteiger partial charge in [0.1, 0.15) is 17.3 Å². The number of nitrogens with zero attached hydrogens (tertiary/aromatic N) is 3. The average Bonchev–Trinajstić information content (AvgIpc) is 2.58. The van der Waals surface area contributed by atoms with E-state index in [2.05, 4.69) is 20.2 Å². The number of amides is 1. The van der Waals surface area contributed by atoms with Crippen LogP contribution in [0.1, 0.15) is 35.6 Å². The summed E-state index contributed by atoms with van der Waals surface area (Å²) in [6.07, 6.45) is 3.39. The maximum Gasteiger partial charge on any atom is 0.274 e. The molecule has 7 heteroatoms. The highest BCUT2D eigenvalue weighted by atomic mass is 19.2. The molecule has 1 aliphatic heterocycles. The third-order valence-electron chi connectivity index (χ3n) is 3.91. The summed E-state index contributed by atoms with van der Waals surface area (Å²) in [6, 6.07) is 4.84. The molecule has 1 aromatic heterocycles. The Balaban J connectivity index is 1.81. The van der Waals surface area contributed by atoms with Gasteiger partial charge < -0.3 is 10.2 Å². The molecule has 1 aromatic carbocycles. The van der Waals surface area contributed by atoms with Gasteiger partial charge in [-0.1, -0.05) is 0 Å². The van der Waals surface area contributed by atoms with Crippen LogP contribution in [-0.2, 0) is 0 Å². The summed E-state index contributed by atoms with van der Waals surface area (Å²) in [5.74, 6) is -1.24. The minimum Gasteiger partial charge on any atom is -0.356 e. The van der Waals surface area contributed by atoms with Gasteiger partial charge in [-0.3, -0.25) is 4.79 Å². The monoisotopic (exact) mass is 332 g/mol. The van der Waals surface area contributed by atoms with Gasteiger partial charge in [0.2, 0.25) is 0 Å². The molecule has 1 amide bonds. The number of benzene rings is 1. The van der Waals surface area contributed by atoms with Crippen LogP contribution in [0.25, 0.3) is 0 Å². The zero-order valence-corrected chi connectivity index (χ0v) is 13.4. The van der Waals surface area contributed by atoms with E-state index in [1.165, 1.54) is 12.5 Å². The average molecular weight is 332 g/mol. The zero-order valence-electron chi connectivity index (χ0n) is 13.4. The van der Waals surface area contributed by atoms with Crippen LogP contribution in [0.4, 0.5) is 20.3 Å². The van der Waals surface area contributed by atoms with Crippen molar-refractivity contribution in [1.82, 2.24) is 9.97 Å². The second kappa shape index (κ2) is 6.90. The summed E-state index contributed by atoms with van der Waals surface area (Å²) in [5, 5.41) is 2.53. The minimum atomic E-state index is -1.01. The molecule has 126 valence electrons. The van der Waals surface area contributed by atoms with Crippen LogP contribution in [-0.4, -0.2) is 29.0 Å². The maximum atomic E-state index is 13.2. The van der Waals surface area contributed by atoms with E-state index in [9.17, 15) is 13.6 Å². The molecule has 1 saturated heterocycles. The summed E-state index contributed by atoms with van der Waals surface area (Å²) >= 11 is 0. The molecule has 1 aliphatic rings. The van der Waals surface area contributed by atoms with Crippen LogP contribution >= 0.6 is 0 Å².